The van der Waals surface area contributed by atoms with Crippen molar-refractivity contribution < 1.29 is 14.3 Å². The number of carboxylic acid groups (broad SMARTS) is 1. The molecule has 0 aliphatic rings. The van der Waals surface area contributed by atoms with E-state index in [1.54, 1.807) is 32.9 Å². The first-order valence-electron chi connectivity index (χ1n) is 6.39. The van der Waals surface area contributed by atoms with Gasteiger partial charge in [0.2, 0.25) is 0 Å². The van der Waals surface area contributed by atoms with Gasteiger partial charge in [0, 0.05) is 17.0 Å². The molecule has 21 heavy (non-hydrogen) atoms. The Bertz CT molecular complexity index is 761. The molecular weight excluding hydrogens is 275 g/mol. The van der Waals surface area contributed by atoms with Crippen LogP contribution in [0.4, 0.5) is 4.39 Å². The molecule has 0 bridgehead atoms. The lowest BCUT2D eigenvalue weighted by atomic mass is 10.1. The molecule has 0 amide bonds. The van der Waals surface area contributed by atoms with Gasteiger partial charge in [0.25, 0.3) is 0 Å². The highest BCUT2D eigenvalue weighted by Gasteiger charge is 2.18. The molecular formula is C15H15FN2O3. The average Bonchev–Trinajstić information content (AvgIpc) is 2.37. The van der Waals surface area contributed by atoms with E-state index < -0.39 is 17.5 Å². The van der Waals surface area contributed by atoms with Gasteiger partial charge in [0.15, 0.2) is 0 Å². The number of carbonyl (C=O) groups is 1. The number of benzene rings is 1. The number of rotatable bonds is 3. The molecule has 1 aromatic heterocycles. The predicted octanol–water partition coefficient (Wildman–Crippen LogP) is 1.92. The molecule has 5 nitrogen and oxygen atoms in total. The van der Waals surface area contributed by atoms with Crippen molar-refractivity contribution in [2.24, 2.45) is 0 Å². The molecule has 6 heteroatoms. The first kappa shape index (κ1) is 14.9. The predicted molar refractivity (Wildman–Crippen MR) is 75.3 cm³/mol. The number of aliphatic carboxylic acids is 1. The third-order valence-corrected chi connectivity index (χ3v) is 3.40. The van der Waals surface area contributed by atoms with E-state index in [2.05, 4.69) is 4.98 Å². The summed E-state index contributed by atoms with van der Waals surface area (Å²) in [5.41, 5.74) is 1.23. The van der Waals surface area contributed by atoms with Gasteiger partial charge in [-0.15, -0.1) is 0 Å². The Morgan fingerprint density at radius 2 is 2.00 bits per heavy atom. The van der Waals surface area contributed by atoms with Crippen LogP contribution < -0.4 is 5.69 Å². The van der Waals surface area contributed by atoms with Crippen molar-refractivity contribution in [1.29, 1.82) is 0 Å². The molecule has 110 valence electrons. The highest BCUT2D eigenvalue weighted by Crippen LogP contribution is 2.20. The number of nitrogens with zero attached hydrogens (tertiary/aromatic N) is 2. The summed E-state index contributed by atoms with van der Waals surface area (Å²) in [6.07, 6.45) is -0.265. The van der Waals surface area contributed by atoms with Crippen LogP contribution in [0.25, 0.3) is 5.69 Å². The van der Waals surface area contributed by atoms with E-state index in [4.69, 9.17) is 5.11 Å². The van der Waals surface area contributed by atoms with E-state index in [0.717, 1.165) is 4.57 Å². The second kappa shape index (κ2) is 5.47. The molecule has 1 aromatic carbocycles. The molecule has 1 heterocycles. The van der Waals surface area contributed by atoms with Gasteiger partial charge in [0.05, 0.1) is 12.1 Å². The summed E-state index contributed by atoms with van der Waals surface area (Å²) in [5, 5.41) is 8.97. The summed E-state index contributed by atoms with van der Waals surface area (Å²) < 4.78 is 15.2. The first-order valence-corrected chi connectivity index (χ1v) is 6.39. The fraction of sp³-hybridized carbons (Fsp3) is 0.267. The van der Waals surface area contributed by atoms with Crippen LogP contribution in [0.5, 0.6) is 0 Å². The highest BCUT2D eigenvalue weighted by atomic mass is 19.1. The third kappa shape index (κ3) is 2.69. The minimum atomic E-state index is -1.03. The lowest BCUT2D eigenvalue weighted by Gasteiger charge is -2.16. The van der Waals surface area contributed by atoms with Gasteiger partial charge in [0.1, 0.15) is 5.82 Å². The quantitative estimate of drug-likeness (QED) is 0.937. The molecule has 0 saturated carbocycles. The van der Waals surface area contributed by atoms with E-state index in [1.165, 1.54) is 6.07 Å². The molecule has 0 atom stereocenters. The van der Waals surface area contributed by atoms with Gasteiger partial charge in [-0.1, -0.05) is 12.1 Å². The van der Waals surface area contributed by atoms with E-state index >= 15 is 0 Å². The van der Waals surface area contributed by atoms with E-state index in [-0.39, 0.29) is 12.1 Å². The van der Waals surface area contributed by atoms with E-state index in [0.29, 0.717) is 22.5 Å². The Morgan fingerprint density at radius 3 is 2.57 bits per heavy atom. The van der Waals surface area contributed by atoms with Crippen molar-refractivity contribution >= 4 is 5.97 Å². The summed E-state index contributed by atoms with van der Waals surface area (Å²) in [6.45, 7) is 4.85. The summed E-state index contributed by atoms with van der Waals surface area (Å²) in [7, 11) is 0. The average molecular weight is 290 g/mol. The monoisotopic (exact) mass is 290 g/mol. The third-order valence-electron chi connectivity index (χ3n) is 3.40. The van der Waals surface area contributed by atoms with Crippen LogP contribution in [-0.2, 0) is 11.2 Å². The number of aromatic nitrogens is 2. The minimum absolute atomic E-state index is 0.110. The lowest BCUT2D eigenvalue weighted by molar-refractivity contribution is -0.136. The van der Waals surface area contributed by atoms with Gasteiger partial charge in [-0.05, 0) is 32.4 Å². The lowest BCUT2D eigenvalue weighted by Crippen LogP contribution is -2.28. The SMILES string of the molecule is Cc1cccc(F)c1-n1c(C)c(CC(=O)O)c(C)nc1=O. The van der Waals surface area contributed by atoms with Crippen LogP contribution >= 0.6 is 0 Å². The number of hydrogen-bond donors (Lipinski definition) is 1. The van der Waals surface area contributed by atoms with Gasteiger partial charge >= 0.3 is 11.7 Å². The van der Waals surface area contributed by atoms with Crippen molar-refractivity contribution in [3.05, 3.63) is 57.0 Å². The molecule has 2 rings (SSSR count). The summed E-state index contributed by atoms with van der Waals surface area (Å²) in [5.74, 6) is -1.58. The van der Waals surface area contributed by atoms with Crippen LogP contribution in [0, 0.1) is 26.6 Å². The zero-order valence-electron chi connectivity index (χ0n) is 12.0. The fourth-order valence-electron chi connectivity index (χ4n) is 2.38. The van der Waals surface area contributed by atoms with Crippen molar-refractivity contribution in [3.8, 4) is 5.69 Å². The van der Waals surface area contributed by atoms with E-state index in [9.17, 15) is 14.0 Å². The zero-order chi connectivity index (χ0) is 15.7. The molecule has 1 N–H and O–H groups in total. The molecule has 2 aromatic rings. The topological polar surface area (TPSA) is 72.2 Å². The number of halogens is 1. The van der Waals surface area contributed by atoms with Crippen LogP contribution in [0.1, 0.15) is 22.5 Å². The maximum Gasteiger partial charge on any atom is 0.352 e. The minimum Gasteiger partial charge on any atom is -0.481 e. The maximum absolute atomic E-state index is 14.1. The Kier molecular flexibility index (Phi) is 3.88. The molecule has 0 spiro atoms. The molecule has 0 saturated heterocycles. The van der Waals surface area contributed by atoms with Crippen molar-refractivity contribution in [3.63, 3.8) is 0 Å². The summed E-state index contributed by atoms with van der Waals surface area (Å²) in [4.78, 5) is 26.9. The first-order chi connectivity index (χ1) is 9.82. The number of carboxylic acids is 1. The van der Waals surface area contributed by atoms with Crippen LogP contribution in [-0.4, -0.2) is 20.6 Å². The Morgan fingerprint density at radius 1 is 1.33 bits per heavy atom. The van der Waals surface area contributed by atoms with Gasteiger partial charge < -0.3 is 5.11 Å². The number of hydrogen-bond acceptors (Lipinski definition) is 3. The Balaban J connectivity index is 2.81. The summed E-state index contributed by atoms with van der Waals surface area (Å²) in [6, 6.07) is 4.49. The second-order valence-corrected chi connectivity index (χ2v) is 4.86. The van der Waals surface area contributed by atoms with Crippen molar-refractivity contribution in [2.75, 3.05) is 0 Å². The highest BCUT2D eigenvalue weighted by molar-refractivity contribution is 5.71. The van der Waals surface area contributed by atoms with E-state index in [1.807, 2.05) is 0 Å². The van der Waals surface area contributed by atoms with Crippen LogP contribution in [0.2, 0.25) is 0 Å². The van der Waals surface area contributed by atoms with Gasteiger partial charge in [-0.2, -0.15) is 4.98 Å². The smallest absolute Gasteiger partial charge is 0.352 e. The zero-order valence-corrected chi connectivity index (χ0v) is 12.0. The van der Waals surface area contributed by atoms with Crippen molar-refractivity contribution in [1.82, 2.24) is 9.55 Å². The van der Waals surface area contributed by atoms with Crippen LogP contribution in [0.15, 0.2) is 23.0 Å². The Labute approximate surface area is 120 Å². The molecule has 0 unspecified atom stereocenters. The molecule has 0 aliphatic heterocycles. The number of para-hydroxylation sites is 1. The second-order valence-electron chi connectivity index (χ2n) is 4.86. The molecule has 0 radical (unpaired) electrons. The van der Waals surface area contributed by atoms with Gasteiger partial charge in [-0.25, -0.2) is 9.18 Å². The van der Waals surface area contributed by atoms with Crippen molar-refractivity contribution in [2.45, 2.75) is 27.2 Å². The summed E-state index contributed by atoms with van der Waals surface area (Å²) >= 11 is 0. The fourth-order valence-corrected chi connectivity index (χ4v) is 2.38. The number of aryl methyl sites for hydroxylation is 2. The standard InChI is InChI=1S/C15H15FN2O3/c1-8-5-4-6-12(16)14(8)18-10(3)11(7-13(19)20)9(2)17-15(18)21/h4-6H,7H2,1-3H3,(H,19,20). The Hall–Kier alpha value is -2.50. The largest absolute Gasteiger partial charge is 0.481 e. The van der Waals surface area contributed by atoms with Crippen LogP contribution in [0.3, 0.4) is 0 Å². The maximum atomic E-state index is 14.1. The normalized spacial score (nSPS) is 10.7. The molecule has 0 fully saturated rings. The molecule has 0 aliphatic carbocycles. The van der Waals surface area contributed by atoms with Gasteiger partial charge in [-0.3, -0.25) is 9.36 Å².